The zero-order chi connectivity index (χ0) is 25.0. The molecule has 0 saturated heterocycles. The Kier molecular flexibility index (Phi) is 5.28. The van der Waals surface area contributed by atoms with Gasteiger partial charge in [-0.3, -0.25) is 19.5 Å². The standard InChI is InChI=1S/C23H19F2N5O4S/c1-11-17(18(31)20(32)28-22(9-23(24,25)10-22)16-8-26-30-29-16)12(2)35-19(11)21(33)27-14-3-4-15-13(7-14)5-6-34-15/h3-8H,9-10H2,1-2H3,(H,27,33)(H,28,32)(H,26,29,30). The van der Waals surface area contributed by atoms with Crippen molar-refractivity contribution in [1.82, 2.24) is 20.7 Å². The maximum atomic E-state index is 13.7. The molecule has 12 heteroatoms. The van der Waals surface area contributed by atoms with E-state index in [0.717, 1.165) is 16.7 Å². The summed E-state index contributed by atoms with van der Waals surface area (Å²) in [5.74, 6) is -5.39. The van der Waals surface area contributed by atoms with E-state index in [4.69, 9.17) is 4.42 Å². The number of aromatic amines is 1. The lowest BCUT2D eigenvalue weighted by Gasteiger charge is -2.46. The van der Waals surface area contributed by atoms with E-state index in [0.29, 0.717) is 21.7 Å². The molecule has 1 aromatic carbocycles. The molecule has 0 bridgehead atoms. The fourth-order valence-electron chi connectivity index (χ4n) is 4.43. The van der Waals surface area contributed by atoms with Gasteiger partial charge >= 0.3 is 0 Å². The van der Waals surface area contributed by atoms with Crippen LogP contribution in [0.4, 0.5) is 14.5 Å². The van der Waals surface area contributed by atoms with Crippen LogP contribution in [0.2, 0.25) is 0 Å². The van der Waals surface area contributed by atoms with Gasteiger partial charge in [0, 0.05) is 40.6 Å². The zero-order valence-electron chi connectivity index (χ0n) is 18.6. The molecule has 0 unspecified atom stereocenters. The average molecular weight is 499 g/mol. The van der Waals surface area contributed by atoms with Gasteiger partial charge in [0.2, 0.25) is 0 Å². The fraction of sp³-hybridized carbons (Fsp3) is 0.261. The van der Waals surface area contributed by atoms with Crippen LogP contribution in [-0.4, -0.2) is 38.9 Å². The number of nitrogens with one attached hydrogen (secondary N) is 3. The molecule has 3 aromatic heterocycles. The first-order valence-electron chi connectivity index (χ1n) is 10.6. The van der Waals surface area contributed by atoms with Crippen LogP contribution in [0, 0.1) is 13.8 Å². The Bertz CT molecular complexity index is 1470. The number of H-pyrrole nitrogens is 1. The van der Waals surface area contributed by atoms with Crippen molar-refractivity contribution < 1.29 is 27.6 Å². The van der Waals surface area contributed by atoms with Gasteiger partial charge in [-0.2, -0.15) is 0 Å². The van der Waals surface area contributed by atoms with Crippen LogP contribution in [0.5, 0.6) is 0 Å². The maximum Gasteiger partial charge on any atom is 0.293 e. The normalized spacial score (nSPS) is 16.0. The summed E-state index contributed by atoms with van der Waals surface area (Å²) in [6, 6.07) is 6.94. The predicted octanol–water partition coefficient (Wildman–Crippen LogP) is 4.11. The van der Waals surface area contributed by atoms with Crippen LogP contribution in [0.1, 0.15) is 49.0 Å². The van der Waals surface area contributed by atoms with Gasteiger partial charge in [0.1, 0.15) is 11.3 Å². The molecular weight excluding hydrogens is 480 g/mol. The van der Waals surface area contributed by atoms with E-state index in [1.807, 2.05) is 0 Å². The van der Waals surface area contributed by atoms with Crippen molar-refractivity contribution >= 4 is 45.6 Å². The Hall–Kier alpha value is -3.93. The molecule has 180 valence electrons. The molecule has 0 radical (unpaired) electrons. The van der Waals surface area contributed by atoms with Crippen molar-refractivity contribution in [2.45, 2.75) is 38.2 Å². The highest BCUT2D eigenvalue weighted by atomic mass is 32.1. The number of ketones is 1. The number of aromatic nitrogens is 3. The number of aryl methyl sites for hydroxylation is 1. The van der Waals surface area contributed by atoms with Gasteiger partial charge < -0.3 is 15.1 Å². The average Bonchev–Trinajstić information content (AvgIpc) is 3.52. The minimum atomic E-state index is -2.99. The first-order valence-corrected chi connectivity index (χ1v) is 11.4. The predicted molar refractivity (Wildman–Crippen MR) is 123 cm³/mol. The van der Waals surface area contributed by atoms with E-state index in [1.54, 1.807) is 44.4 Å². The molecule has 1 aliphatic rings. The molecule has 2 amide bonds. The van der Waals surface area contributed by atoms with Gasteiger partial charge in [-0.1, -0.05) is 5.21 Å². The van der Waals surface area contributed by atoms with Crippen molar-refractivity contribution in [3.8, 4) is 0 Å². The first-order chi connectivity index (χ1) is 16.6. The van der Waals surface area contributed by atoms with Crippen LogP contribution in [-0.2, 0) is 10.3 Å². The van der Waals surface area contributed by atoms with Crippen LogP contribution in [0.25, 0.3) is 11.0 Å². The topological polar surface area (TPSA) is 130 Å². The van der Waals surface area contributed by atoms with Gasteiger partial charge in [-0.15, -0.1) is 16.4 Å². The number of thiophene rings is 1. The third-order valence-electron chi connectivity index (χ3n) is 6.05. The summed E-state index contributed by atoms with van der Waals surface area (Å²) in [4.78, 5) is 39.6. The minimum absolute atomic E-state index is 0.0734. The molecule has 1 fully saturated rings. The number of furan rings is 1. The molecule has 4 aromatic rings. The number of hydrogen-bond donors (Lipinski definition) is 3. The molecule has 3 heterocycles. The van der Waals surface area contributed by atoms with Gasteiger partial charge in [-0.25, -0.2) is 8.78 Å². The molecule has 1 saturated carbocycles. The molecular formula is C23H19F2N5O4S. The Labute approximate surface area is 200 Å². The monoisotopic (exact) mass is 499 g/mol. The molecule has 3 N–H and O–H groups in total. The van der Waals surface area contributed by atoms with E-state index in [-0.39, 0.29) is 16.1 Å². The number of benzene rings is 1. The second-order valence-corrected chi connectivity index (χ2v) is 9.77. The van der Waals surface area contributed by atoms with E-state index >= 15 is 0 Å². The number of halogens is 2. The number of amides is 2. The number of carbonyl (C=O) groups is 3. The molecule has 35 heavy (non-hydrogen) atoms. The van der Waals surface area contributed by atoms with E-state index in [2.05, 4.69) is 26.0 Å². The van der Waals surface area contributed by atoms with E-state index in [1.165, 1.54) is 6.20 Å². The molecule has 0 atom stereocenters. The second kappa shape index (κ2) is 8.08. The van der Waals surface area contributed by atoms with Gasteiger partial charge in [-0.05, 0) is 43.7 Å². The number of nitrogens with zero attached hydrogens (tertiary/aromatic N) is 2. The number of anilines is 1. The summed E-state index contributed by atoms with van der Waals surface area (Å²) < 4.78 is 32.7. The van der Waals surface area contributed by atoms with Gasteiger partial charge in [0.15, 0.2) is 0 Å². The number of fused-ring (bicyclic) bond motifs is 1. The molecule has 1 aliphatic carbocycles. The lowest BCUT2D eigenvalue weighted by molar-refractivity contribution is -0.148. The minimum Gasteiger partial charge on any atom is -0.464 e. The van der Waals surface area contributed by atoms with Crippen molar-refractivity contribution in [3.05, 3.63) is 63.3 Å². The van der Waals surface area contributed by atoms with E-state index in [9.17, 15) is 23.2 Å². The third kappa shape index (κ3) is 3.99. The van der Waals surface area contributed by atoms with Crippen LogP contribution >= 0.6 is 11.3 Å². The lowest BCUT2D eigenvalue weighted by atomic mass is 9.71. The Balaban J connectivity index is 1.36. The Morgan fingerprint density at radius 1 is 1.17 bits per heavy atom. The fourth-order valence-corrected chi connectivity index (χ4v) is 5.48. The summed E-state index contributed by atoms with van der Waals surface area (Å²) in [5.41, 5.74) is 0.261. The smallest absolute Gasteiger partial charge is 0.293 e. The van der Waals surface area contributed by atoms with Crippen LogP contribution < -0.4 is 10.6 Å². The van der Waals surface area contributed by atoms with Gasteiger partial charge in [0.25, 0.3) is 23.5 Å². The Morgan fingerprint density at radius 3 is 2.63 bits per heavy atom. The zero-order valence-corrected chi connectivity index (χ0v) is 19.4. The summed E-state index contributed by atoms with van der Waals surface area (Å²) in [6.07, 6.45) is 1.47. The van der Waals surface area contributed by atoms with Crippen molar-refractivity contribution in [1.29, 1.82) is 0 Å². The SMILES string of the molecule is Cc1sc(C(=O)Nc2ccc3occc3c2)c(C)c1C(=O)C(=O)NC1(c2c[nH]nn2)CC(F)(F)C1. The lowest BCUT2D eigenvalue weighted by Crippen LogP contribution is -2.61. The van der Waals surface area contributed by atoms with Crippen LogP contribution in [0.15, 0.2) is 41.1 Å². The highest BCUT2D eigenvalue weighted by Gasteiger charge is 2.60. The maximum absolute atomic E-state index is 13.7. The van der Waals surface area contributed by atoms with Crippen molar-refractivity contribution in [3.63, 3.8) is 0 Å². The molecule has 9 nitrogen and oxygen atoms in total. The summed E-state index contributed by atoms with van der Waals surface area (Å²) in [6.45, 7) is 3.19. The largest absolute Gasteiger partial charge is 0.464 e. The molecule has 0 spiro atoms. The van der Waals surface area contributed by atoms with E-state index < -0.39 is 41.9 Å². The van der Waals surface area contributed by atoms with Gasteiger partial charge in [0.05, 0.1) is 16.7 Å². The highest BCUT2D eigenvalue weighted by Crippen LogP contribution is 2.51. The number of rotatable bonds is 6. The quantitative estimate of drug-likeness (QED) is 0.270. The number of alkyl halides is 2. The number of hydrogen-bond acceptors (Lipinski definition) is 7. The van der Waals surface area contributed by atoms with Crippen LogP contribution in [0.3, 0.4) is 0 Å². The van der Waals surface area contributed by atoms with Crippen molar-refractivity contribution in [2.24, 2.45) is 0 Å². The highest BCUT2D eigenvalue weighted by molar-refractivity contribution is 7.14. The number of Topliss-reactive ketones (excluding diaryl/α,β-unsaturated/α-hetero) is 1. The second-order valence-electron chi connectivity index (χ2n) is 8.55. The molecule has 5 rings (SSSR count). The molecule has 0 aliphatic heterocycles. The summed E-state index contributed by atoms with van der Waals surface area (Å²) in [7, 11) is 0. The summed E-state index contributed by atoms with van der Waals surface area (Å²) in [5, 5.41) is 15.8. The summed E-state index contributed by atoms with van der Waals surface area (Å²) >= 11 is 1.08. The third-order valence-corrected chi connectivity index (χ3v) is 7.26. The Morgan fingerprint density at radius 2 is 1.94 bits per heavy atom. The van der Waals surface area contributed by atoms with Crippen molar-refractivity contribution in [2.75, 3.05) is 5.32 Å². The first kappa shape index (κ1) is 22.8. The number of carbonyl (C=O) groups excluding carboxylic acids is 3.